The van der Waals surface area contributed by atoms with Crippen molar-refractivity contribution >= 4 is 34.5 Å². The molecule has 1 saturated heterocycles. The number of esters is 1. The van der Waals surface area contributed by atoms with Gasteiger partial charge in [-0.25, -0.2) is 4.79 Å². The summed E-state index contributed by atoms with van der Waals surface area (Å²) in [6.07, 6.45) is 0. The Morgan fingerprint density at radius 2 is 1.74 bits per heavy atom. The van der Waals surface area contributed by atoms with Gasteiger partial charge in [0.05, 0.1) is 11.3 Å². The number of fused-ring (bicyclic) bond motifs is 1. The molecule has 6 heteroatoms. The number of thioether (sulfide) groups is 1. The molecule has 5 nitrogen and oxygen atoms in total. The van der Waals surface area contributed by atoms with E-state index in [1.54, 1.807) is 35.3 Å². The van der Waals surface area contributed by atoms with Crippen LogP contribution in [0.1, 0.15) is 21.3 Å². The minimum atomic E-state index is -1.04. The Morgan fingerprint density at radius 1 is 1.00 bits per heavy atom. The summed E-state index contributed by atoms with van der Waals surface area (Å²) in [6, 6.07) is 19.9. The highest BCUT2D eigenvalue weighted by Gasteiger charge is 2.30. The van der Waals surface area contributed by atoms with Crippen molar-refractivity contribution in [2.24, 2.45) is 0 Å². The molecule has 0 unspecified atom stereocenters. The number of aliphatic carboxylic acids is 1. The number of rotatable bonds is 4. The second kappa shape index (κ2) is 7.42. The minimum Gasteiger partial charge on any atom is -0.544 e. The zero-order valence-corrected chi connectivity index (χ0v) is 15.1. The Hall–Kier alpha value is -2.83. The summed E-state index contributed by atoms with van der Waals surface area (Å²) in [5.74, 6) is -0.467. The van der Waals surface area contributed by atoms with Gasteiger partial charge >= 0.3 is 5.97 Å². The van der Waals surface area contributed by atoms with Crippen LogP contribution < -0.4 is 15.2 Å². The summed E-state index contributed by atoms with van der Waals surface area (Å²) >= 11 is 1.57. The third kappa shape index (κ3) is 3.67. The predicted molar refractivity (Wildman–Crippen MR) is 101 cm³/mol. The number of carbonyl (C=O) groups is 2. The quantitative estimate of drug-likeness (QED) is 0.549. The molecule has 0 radical (unpaired) electrons. The summed E-state index contributed by atoms with van der Waals surface area (Å²) in [5.41, 5.74) is 1.50. The lowest BCUT2D eigenvalue weighted by Gasteiger charge is -2.12. The van der Waals surface area contributed by atoms with E-state index >= 15 is 0 Å². The van der Waals surface area contributed by atoms with Gasteiger partial charge in [-0.3, -0.25) is 0 Å². The average molecular weight is 379 g/mol. The molecule has 1 aliphatic rings. The number of carbonyl (C=O) groups excluding carboxylic acids is 2. The monoisotopic (exact) mass is 379 g/mol. The van der Waals surface area contributed by atoms with E-state index in [9.17, 15) is 14.7 Å². The van der Waals surface area contributed by atoms with Crippen LogP contribution in [-0.4, -0.2) is 23.7 Å². The highest BCUT2D eigenvalue weighted by atomic mass is 32.2. The summed E-state index contributed by atoms with van der Waals surface area (Å²) in [4.78, 5) is 23.6. The lowest BCUT2D eigenvalue weighted by Crippen LogP contribution is -2.90. The Morgan fingerprint density at radius 3 is 2.48 bits per heavy atom. The van der Waals surface area contributed by atoms with Gasteiger partial charge in [0.25, 0.3) is 0 Å². The summed E-state index contributed by atoms with van der Waals surface area (Å²) in [6.45, 7) is 0. The molecule has 2 atom stereocenters. The van der Waals surface area contributed by atoms with Crippen molar-refractivity contribution in [3.63, 3.8) is 0 Å². The van der Waals surface area contributed by atoms with E-state index in [4.69, 9.17) is 4.74 Å². The minimum absolute atomic E-state index is 0.00992. The van der Waals surface area contributed by atoms with E-state index in [0.717, 1.165) is 16.3 Å². The van der Waals surface area contributed by atoms with Crippen molar-refractivity contribution < 1.29 is 24.7 Å². The lowest BCUT2D eigenvalue weighted by molar-refractivity contribution is -0.690. The summed E-state index contributed by atoms with van der Waals surface area (Å²) in [7, 11) is 0. The van der Waals surface area contributed by atoms with Gasteiger partial charge in [0.15, 0.2) is 5.37 Å². The fourth-order valence-electron chi connectivity index (χ4n) is 3.17. The van der Waals surface area contributed by atoms with Crippen molar-refractivity contribution in [1.29, 1.82) is 0 Å². The number of nitrogens with two attached hydrogens (primary N) is 1. The maximum Gasteiger partial charge on any atom is 0.344 e. The average Bonchev–Trinajstić information content (AvgIpc) is 3.18. The molecule has 2 N–H and O–H groups in total. The summed E-state index contributed by atoms with van der Waals surface area (Å²) in [5, 5.41) is 14.6. The van der Waals surface area contributed by atoms with Crippen LogP contribution in [0.5, 0.6) is 5.75 Å². The highest BCUT2D eigenvalue weighted by molar-refractivity contribution is 7.99. The smallest absolute Gasteiger partial charge is 0.344 e. The van der Waals surface area contributed by atoms with Crippen LogP contribution in [0.25, 0.3) is 10.8 Å². The summed E-state index contributed by atoms with van der Waals surface area (Å²) < 4.78 is 5.53. The molecule has 3 aromatic carbocycles. The molecule has 1 aliphatic heterocycles. The second-order valence-electron chi connectivity index (χ2n) is 6.36. The zero-order valence-electron chi connectivity index (χ0n) is 14.3. The van der Waals surface area contributed by atoms with Gasteiger partial charge < -0.3 is 20.0 Å². The molecule has 0 bridgehead atoms. The molecule has 0 spiro atoms. The van der Waals surface area contributed by atoms with Gasteiger partial charge in [-0.2, -0.15) is 0 Å². The van der Waals surface area contributed by atoms with E-state index in [-0.39, 0.29) is 5.37 Å². The Kier molecular flexibility index (Phi) is 4.83. The van der Waals surface area contributed by atoms with Crippen LogP contribution in [0.2, 0.25) is 0 Å². The van der Waals surface area contributed by atoms with E-state index in [2.05, 4.69) is 0 Å². The molecular weight excluding hydrogens is 362 g/mol. The number of ether oxygens (including phenoxy) is 1. The largest absolute Gasteiger partial charge is 0.544 e. The molecule has 4 rings (SSSR count). The molecule has 0 aliphatic carbocycles. The molecule has 27 heavy (non-hydrogen) atoms. The fourth-order valence-corrected chi connectivity index (χ4v) is 4.49. The first-order valence-corrected chi connectivity index (χ1v) is 9.64. The molecule has 1 heterocycles. The van der Waals surface area contributed by atoms with Crippen LogP contribution in [0.4, 0.5) is 0 Å². The third-order valence-corrected chi connectivity index (χ3v) is 5.93. The van der Waals surface area contributed by atoms with E-state index < -0.39 is 18.0 Å². The Balaban J connectivity index is 1.48. The number of hydrogen-bond acceptors (Lipinski definition) is 5. The Bertz CT molecular complexity index is 997. The SMILES string of the molecule is O=C(Oc1ccc([C@@H]2[NH2+][C@H](C(=O)[O-])CS2)cc1)c1cccc2ccccc12. The van der Waals surface area contributed by atoms with E-state index in [0.29, 0.717) is 17.1 Å². The molecule has 136 valence electrons. The lowest BCUT2D eigenvalue weighted by atomic mass is 10.0. The number of carboxylic acids is 1. The van der Waals surface area contributed by atoms with Crippen molar-refractivity contribution in [3.8, 4) is 5.75 Å². The van der Waals surface area contributed by atoms with Gasteiger partial charge in [0, 0.05) is 5.56 Å². The maximum atomic E-state index is 12.6. The Labute approximate surface area is 160 Å². The predicted octanol–water partition coefficient (Wildman–Crippen LogP) is 1.49. The first-order chi connectivity index (χ1) is 13.1. The van der Waals surface area contributed by atoms with Crippen molar-refractivity contribution in [2.75, 3.05) is 5.75 Å². The molecule has 0 saturated carbocycles. The highest BCUT2D eigenvalue weighted by Crippen LogP contribution is 2.28. The maximum absolute atomic E-state index is 12.6. The normalized spacial score (nSPS) is 19.1. The van der Waals surface area contributed by atoms with Gasteiger partial charge in [-0.05, 0) is 41.1 Å². The molecule has 3 aromatic rings. The number of hydrogen-bond donors (Lipinski definition) is 1. The number of carboxylic acid groups (broad SMARTS) is 1. The van der Waals surface area contributed by atoms with Crippen LogP contribution >= 0.6 is 11.8 Å². The van der Waals surface area contributed by atoms with Gasteiger partial charge in [-0.15, -0.1) is 0 Å². The number of benzene rings is 3. The third-order valence-electron chi connectivity index (χ3n) is 4.59. The van der Waals surface area contributed by atoms with Gasteiger partial charge in [-0.1, -0.05) is 48.2 Å². The van der Waals surface area contributed by atoms with E-state index in [1.807, 2.05) is 48.5 Å². The van der Waals surface area contributed by atoms with Crippen LogP contribution in [0, 0.1) is 0 Å². The first-order valence-electron chi connectivity index (χ1n) is 8.59. The topological polar surface area (TPSA) is 83.0 Å². The van der Waals surface area contributed by atoms with Crippen LogP contribution in [0.3, 0.4) is 0 Å². The fraction of sp³-hybridized carbons (Fsp3) is 0.143. The van der Waals surface area contributed by atoms with Crippen LogP contribution in [0.15, 0.2) is 66.7 Å². The van der Waals surface area contributed by atoms with Crippen LogP contribution in [-0.2, 0) is 4.79 Å². The molecule has 0 aromatic heterocycles. The van der Waals surface area contributed by atoms with E-state index in [1.165, 1.54) is 0 Å². The molecule has 0 amide bonds. The molecule has 1 fully saturated rings. The van der Waals surface area contributed by atoms with Gasteiger partial charge in [0.2, 0.25) is 0 Å². The molecular formula is C21H17NO4S. The van der Waals surface area contributed by atoms with Gasteiger partial charge in [0.1, 0.15) is 17.8 Å². The second-order valence-corrected chi connectivity index (χ2v) is 7.53. The van der Waals surface area contributed by atoms with Crippen molar-refractivity contribution in [2.45, 2.75) is 11.4 Å². The van der Waals surface area contributed by atoms with Crippen molar-refractivity contribution in [3.05, 3.63) is 77.9 Å². The van der Waals surface area contributed by atoms with Crippen molar-refractivity contribution in [1.82, 2.24) is 0 Å². The first kappa shape index (κ1) is 17.6. The number of quaternary nitrogens is 1. The standard InChI is InChI=1S/C21H17NO4S/c23-20(24)18-12-27-19(22-18)14-8-10-15(11-9-14)26-21(25)17-7-3-5-13-4-1-2-6-16(13)17/h1-11,18-19,22H,12H2,(H,23,24)/t18-,19+/m0/s1. The zero-order chi connectivity index (χ0) is 18.8.